The molecular formula is C18H25ClN6O3. The second kappa shape index (κ2) is 9.03. The second-order valence-electron chi connectivity index (χ2n) is 6.75. The summed E-state index contributed by atoms with van der Waals surface area (Å²) < 4.78 is 1.99. The van der Waals surface area contributed by atoms with Crippen LogP contribution in [0.25, 0.3) is 0 Å². The third-order valence-corrected chi connectivity index (χ3v) is 4.72. The summed E-state index contributed by atoms with van der Waals surface area (Å²) in [6.45, 7) is 5.89. The van der Waals surface area contributed by atoms with Crippen LogP contribution in [0.2, 0.25) is 0 Å². The van der Waals surface area contributed by atoms with Crippen molar-refractivity contribution in [2.24, 2.45) is 5.73 Å². The number of nitrogens with two attached hydrogens (primary N) is 1. The van der Waals surface area contributed by atoms with Crippen molar-refractivity contribution < 1.29 is 9.59 Å². The maximum Gasteiger partial charge on any atom is 0.261 e. The third-order valence-electron chi connectivity index (χ3n) is 4.72. The van der Waals surface area contributed by atoms with E-state index in [0.717, 1.165) is 37.4 Å². The monoisotopic (exact) mass is 408 g/mol. The zero-order valence-electron chi connectivity index (χ0n) is 15.9. The van der Waals surface area contributed by atoms with E-state index in [9.17, 15) is 14.4 Å². The number of primary amides is 1. The summed E-state index contributed by atoms with van der Waals surface area (Å²) in [7, 11) is 0. The summed E-state index contributed by atoms with van der Waals surface area (Å²) >= 11 is 0. The number of hydrogen-bond acceptors (Lipinski definition) is 5. The van der Waals surface area contributed by atoms with Crippen LogP contribution in [0.5, 0.6) is 0 Å². The number of aryl methyl sites for hydroxylation is 3. The molecule has 0 spiro atoms. The average Bonchev–Trinajstić information content (AvgIpc) is 2.85. The van der Waals surface area contributed by atoms with Gasteiger partial charge in [0.05, 0.1) is 17.1 Å². The first kappa shape index (κ1) is 21.6. The molecule has 0 aromatic carbocycles. The maximum atomic E-state index is 12.4. The van der Waals surface area contributed by atoms with E-state index in [0.29, 0.717) is 23.4 Å². The Kier molecular flexibility index (Phi) is 6.98. The molecule has 9 nitrogen and oxygen atoms in total. The molecule has 3 heterocycles. The van der Waals surface area contributed by atoms with Crippen molar-refractivity contribution in [3.05, 3.63) is 44.6 Å². The molecule has 1 aliphatic heterocycles. The first-order chi connectivity index (χ1) is 12.9. The molecule has 5 N–H and O–H groups in total. The van der Waals surface area contributed by atoms with Crippen molar-refractivity contribution in [1.82, 2.24) is 20.1 Å². The molecule has 0 fully saturated rings. The van der Waals surface area contributed by atoms with Crippen LogP contribution in [0.4, 0.5) is 5.69 Å². The highest BCUT2D eigenvalue weighted by Crippen LogP contribution is 2.20. The first-order valence-electron chi connectivity index (χ1n) is 8.96. The molecule has 2 aromatic heterocycles. The highest BCUT2D eigenvalue weighted by atomic mass is 35.5. The van der Waals surface area contributed by atoms with Gasteiger partial charge >= 0.3 is 0 Å². The van der Waals surface area contributed by atoms with Crippen molar-refractivity contribution >= 4 is 29.9 Å². The number of pyridine rings is 1. The van der Waals surface area contributed by atoms with Crippen LogP contribution in [0.1, 0.15) is 45.8 Å². The van der Waals surface area contributed by atoms with E-state index in [-0.39, 0.29) is 30.3 Å². The lowest BCUT2D eigenvalue weighted by atomic mass is 10.1. The largest absolute Gasteiger partial charge is 0.365 e. The molecule has 2 aromatic rings. The zero-order chi connectivity index (χ0) is 19.6. The fourth-order valence-corrected chi connectivity index (χ4v) is 3.34. The van der Waals surface area contributed by atoms with Gasteiger partial charge < -0.3 is 21.4 Å². The van der Waals surface area contributed by atoms with Gasteiger partial charge in [-0.1, -0.05) is 0 Å². The Hall–Kier alpha value is -2.65. The molecule has 0 saturated heterocycles. The van der Waals surface area contributed by atoms with Crippen molar-refractivity contribution in [2.75, 3.05) is 11.9 Å². The molecule has 0 radical (unpaired) electrons. The van der Waals surface area contributed by atoms with E-state index in [1.165, 1.54) is 0 Å². The molecule has 10 heteroatoms. The number of hydrogen-bond donors (Lipinski definition) is 4. The lowest BCUT2D eigenvalue weighted by molar-refractivity contribution is -0.116. The first-order valence-corrected chi connectivity index (χ1v) is 8.96. The molecule has 2 amide bonds. The van der Waals surface area contributed by atoms with Gasteiger partial charge in [0.15, 0.2) is 0 Å². The molecule has 0 bridgehead atoms. The fraction of sp³-hybridized carbons (Fsp3) is 0.444. The Morgan fingerprint density at radius 1 is 1.36 bits per heavy atom. The predicted octanol–water partition coefficient (Wildman–Crippen LogP) is 0.774. The smallest absolute Gasteiger partial charge is 0.261 e. The third kappa shape index (κ3) is 4.60. The Balaban J connectivity index is 0.00000280. The van der Waals surface area contributed by atoms with E-state index < -0.39 is 11.5 Å². The van der Waals surface area contributed by atoms with E-state index >= 15 is 0 Å². The van der Waals surface area contributed by atoms with Crippen molar-refractivity contribution in [2.45, 2.75) is 46.2 Å². The van der Waals surface area contributed by atoms with Gasteiger partial charge in [-0.3, -0.25) is 19.1 Å². The van der Waals surface area contributed by atoms with Gasteiger partial charge in [0.1, 0.15) is 5.56 Å². The number of carbonyl (C=O) groups is 2. The molecule has 0 saturated carbocycles. The summed E-state index contributed by atoms with van der Waals surface area (Å²) in [5.41, 5.74) is 7.85. The minimum Gasteiger partial charge on any atom is -0.365 e. The van der Waals surface area contributed by atoms with Gasteiger partial charge in [-0.05, 0) is 38.4 Å². The molecule has 3 rings (SSSR count). The molecule has 1 aliphatic rings. The van der Waals surface area contributed by atoms with Crippen LogP contribution in [-0.2, 0) is 24.3 Å². The summed E-state index contributed by atoms with van der Waals surface area (Å²) in [5, 5.41) is 10.7. The number of fused-ring (bicyclic) bond motifs is 1. The molecular weight excluding hydrogens is 384 g/mol. The second-order valence-corrected chi connectivity index (χ2v) is 6.75. The Labute approximate surface area is 168 Å². The van der Waals surface area contributed by atoms with Crippen molar-refractivity contribution in [3.8, 4) is 0 Å². The minimum absolute atomic E-state index is 0. The van der Waals surface area contributed by atoms with Crippen LogP contribution in [0.3, 0.4) is 0 Å². The Morgan fingerprint density at radius 2 is 2.11 bits per heavy atom. The lowest BCUT2D eigenvalue weighted by Crippen LogP contribution is -2.28. The number of amides is 2. The molecule has 0 atom stereocenters. The number of anilines is 1. The van der Waals surface area contributed by atoms with Crippen LogP contribution >= 0.6 is 12.4 Å². The number of rotatable bonds is 5. The summed E-state index contributed by atoms with van der Waals surface area (Å²) in [4.78, 5) is 38.3. The SMILES string of the molecule is Cc1[nH]c(=O)c(C(N)=O)c(C)c1NC(=O)CCc1cc2n(n1)CCCNC2.Cl. The minimum atomic E-state index is -0.822. The standard InChI is InChI=1S/C18H24N6O3.ClH/c1-10-15(17(19)26)18(27)21-11(2)16(10)22-14(25)5-4-12-8-13-9-20-6-3-7-24(13)23-12;/h8,20H,3-7,9H2,1-2H3,(H2,19,26)(H,21,27)(H,22,25);1H. The number of aromatic amines is 1. The van der Waals surface area contributed by atoms with Gasteiger partial charge in [0.25, 0.3) is 11.5 Å². The molecule has 28 heavy (non-hydrogen) atoms. The van der Waals surface area contributed by atoms with Crippen molar-refractivity contribution in [1.29, 1.82) is 0 Å². The quantitative estimate of drug-likeness (QED) is 0.579. The number of halogens is 1. The predicted molar refractivity (Wildman–Crippen MR) is 108 cm³/mol. The van der Waals surface area contributed by atoms with E-state index in [4.69, 9.17) is 5.73 Å². The van der Waals surface area contributed by atoms with Crippen LogP contribution in [0, 0.1) is 13.8 Å². The van der Waals surface area contributed by atoms with Gasteiger partial charge in [-0.2, -0.15) is 5.10 Å². The topological polar surface area (TPSA) is 135 Å². The van der Waals surface area contributed by atoms with Crippen LogP contribution in [0.15, 0.2) is 10.9 Å². The Bertz CT molecular complexity index is 926. The fourth-order valence-electron chi connectivity index (χ4n) is 3.34. The van der Waals surface area contributed by atoms with Crippen LogP contribution in [-0.4, -0.2) is 33.1 Å². The molecule has 0 aliphatic carbocycles. The van der Waals surface area contributed by atoms with E-state index in [1.54, 1.807) is 13.8 Å². The number of H-pyrrole nitrogens is 1. The number of aromatic nitrogens is 3. The number of nitrogens with one attached hydrogen (secondary N) is 3. The zero-order valence-corrected chi connectivity index (χ0v) is 16.7. The number of carbonyl (C=O) groups excluding carboxylic acids is 2. The summed E-state index contributed by atoms with van der Waals surface area (Å²) in [6, 6.07) is 2.02. The highest BCUT2D eigenvalue weighted by Gasteiger charge is 2.18. The highest BCUT2D eigenvalue weighted by molar-refractivity contribution is 5.98. The van der Waals surface area contributed by atoms with Crippen LogP contribution < -0.4 is 21.9 Å². The van der Waals surface area contributed by atoms with Crippen molar-refractivity contribution in [3.63, 3.8) is 0 Å². The average molecular weight is 409 g/mol. The molecule has 0 unspecified atom stereocenters. The van der Waals surface area contributed by atoms with Gasteiger partial charge in [0, 0.05) is 31.6 Å². The summed E-state index contributed by atoms with van der Waals surface area (Å²) in [6.07, 6.45) is 1.78. The maximum absolute atomic E-state index is 12.4. The van der Waals surface area contributed by atoms with Gasteiger partial charge in [-0.25, -0.2) is 0 Å². The van der Waals surface area contributed by atoms with Gasteiger partial charge in [0.2, 0.25) is 5.91 Å². The summed E-state index contributed by atoms with van der Waals surface area (Å²) in [5.74, 6) is -1.04. The van der Waals surface area contributed by atoms with Gasteiger partial charge in [-0.15, -0.1) is 12.4 Å². The van der Waals surface area contributed by atoms with E-state index in [2.05, 4.69) is 20.7 Å². The molecule has 152 valence electrons. The normalized spacial score (nSPS) is 13.2. The Morgan fingerprint density at radius 3 is 2.82 bits per heavy atom. The lowest BCUT2D eigenvalue weighted by Gasteiger charge is -2.13. The van der Waals surface area contributed by atoms with E-state index in [1.807, 2.05) is 10.7 Å². The number of nitrogens with zero attached hydrogens (tertiary/aromatic N) is 2.